The Morgan fingerprint density at radius 2 is 2.09 bits per heavy atom. The van der Waals surface area contributed by atoms with Crippen LogP contribution in [0.3, 0.4) is 0 Å². The van der Waals surface area contributed by atoms with Crippen LogP contribution in [0.5, 0.6) is 0 Å². The first-order chi connectivity index (χ1) is 10.2. The maximum atomic E-state index is 12.4. The summed E-state index contributed by atoms with van der Waals surface area (Å²) < 4.78 is 10.4. The normalized spacial score (nSPS) is 22.3. The number of piperidine rings is 1. The quantitative estimate of drug-likeness (QED) is 0.781. The Labute approximate surface area is 134 Å². The molecule has 0 aromatic rings. The summed E-state index contributed by atoms with van der Waals surface area (Å²) in [6, 6.07) is 0.192. The van der Waals surface area contributed by atoms with Crippen LogP contribution in [0.25, 0.3) is 0 Å². The summed E-state index contributed by atoms with van der Waals surface area (Å²) in [7, 11) is 1.57. The van der Waals surface area contributed by atoms with Gasteiger partial charge in [0.15, 0.2) is 0 Å². The maximum absolute atomic E-state index is 12.4. The van der Waals surface area contributed by atoms with Crippen molar-refractivity contribution in [2.24, 2.45) is 0 Å². The topological polar surface area (TPSA) is 71.0 Å². The average Bonchev–Trinajstić information content (AvgIpc) is 2.43. The third kappa shape index (κ3) is 6.50. The van der Waals surface area contributed by atoms with Crippen LogP contribution >= 0.6 is 0 Å². The lowest BCUT2D eigenvalue weighted by atomic mass is 9.96. The van der Waals surface area contributed by atoms with E-state index in [0.29, 0.717) is 13.2 Å². The van der Waals surface area contributed by atoms with Gasteiger partial charge in [-0.15, -0.1) is 0 Å². The molecule has 1 fully saturated rings. The highest BCUT2D eigenvalue weighted by Gasteiger charge is 2.33. The first-order valence-corrected chi connectivity index (χ1v) is 8.14. The van der Waals surface area contributed by atoms with E-state index in [9.17, 15) is 9.90 Å². The van der Waals surface area contributed by atoms with Gasteiger partial charge >= 0.3 is 6.09 Å². The van der Waals surface area contributed by atoms with Gasteiger partial charge in [0.05, 0.1) is 18.8 Å². The molecule has 1 saturated heterocycles. The van der Waals surface area contributed by atoms with Crippen molar-refractivity contribution >= 4 is 6.09 Å². The fourth-order valence-corrected chi connectivity index (χ4v) is 2.73. The van der Waals surface area contributed by atoms with Gasteiger partial charge in [0.25, 0.3) is 0 Å². The molecule has 1 aliphatic rings. The summed E-state index contributed by atoms with van der Waals surface area (Å²) >= 11 is 0. The fraction of sp³-hybridized carbons (Fsp3) is 0.938. The van der Waals surface area contributed by atoms with E-state index < -0.39 is 11.7 Å². The SMILES string of the molecule is COCC(O)CNC(C)[C@H]1CCCCN1C(=O)OC(C)(C)C. The summed E-state index contributed by atoms with van der Waals surface area (Å²) in [6.07, 6.45) is 2.29. The molecule has 0 aromatic carbocycles. The van der Waals surface area contributed by atoms with Crippen molar-refractivity contribution in [1.82, 2.24) is 10.2 Å². The number of carbonyl (C=O) groups excluding carboxylic acids is 1. The Balaban J connectivity index is 2.58. The molecule has 1 aliphatic heterocycles. The molecule has 2 N–H and O–H groups in total. The van der Waals surface area contributed by atoms with Crippen LogP contribution < -0.4 is 5.32 Å². The Hall–Kier alpha value is -0.850. The number of rotatable bonds is 6. The zero-order chi connectivity index (χ0) is 16.8. The number of methoxy groups -OCH3 is 1. The minimum absolute atomic E-state index is 0.0957. The number of likely N-dealkylation sites (tertiary alicyclic amines) is 1. The van der Waals surface area contributed by atoms with E-state index in [1.54, 1.807) is 7.11 Å². The van der Waals surface area contributed by atoms with E-state index in [4.69, 9.17) is 9.47 Å². The van der Waals surface area contributed by atoms with Crippen molar-refractivity contribution in [1.29, 1.82) is 0 Å². The minimum Gasteiger partial charge on any atom is -0.444 e. The number of nitrogens with one attached hydrogen (secondary N) is 1. The Morgan fingerprint density at radius 3 is 2.68 bits per heavy atom. The predicted molar refractivity (Wildman–Crippen MR) is 85.9 cm³/mol. The number of aliphatic hydroxyl groups excluding tert-OH is 1. The van der Waals surface area contributed by atoms with E-state index in [1.807, 2.05) is 32.6 Å². The lowest BCUT2D eigenvalue weighted by Crippen LogP contribution is -2.55. The van der Waals surface area contributed by atoms with E-state index >= 15 is 0 Å². The second-order valence-corrected chi connectivity index (χ2v) is 7.04. The summed E-state index contributed by atoms with van der Waals surface area (Å²) in [5.41, 5.74) is -0.482. The lowest BCUT2D eigenvalue weighted by molar-refractivity contribution is 0.00426. The Bertz CT molecular complexity index is 344. The molecule has 130 valence electrons. The second-order valence-electron chi connectivity index (χ2n) is 7.04. The van der Waals surface area contributed by atoms with Crippen LogP contribution in [-0.2, 0) is 9.47 Å². The van der Waals surface area contributed by atoms with Gasteiger partial charge in [-0.1, -0.05) is 0 Å². The zero-order valence-electron chi connectivity index (χ0n) is 14.6. The molecule has 0 bridgehead atoms. The number of aliphatic hydroxyl groups is 1. The standard InChI is InChI=1S/C16H32N2O4/c1-12(17-10-13(19)11-21-5)14-8-6-7-9-18(14)15(20)22-16(2,3)4/h12-14,17,19H,6-11H2,1-5H3/t12?,13?,14-/m1/s1. The summed E-state index contributed by atoms with van der Waals surface area (Å²) in [4.78, 5) is 14.2. The molecule has 6 nitrogen and oxygen atoms in total. The van der Waals surface area contributed by atoms with Crippen molar-refractivity contribution < 1.29 is 19.4 Å². The highest BCUT2D eigenvalue weighted by atomic mass is 16.6. The molecule has 0 radical (unpaired) electrons. The van der Waals surface area contributed by atoms with Gasteiger partial charge in [0.2, 0.25) is 0 Å². The van der Waals surface area contributed by atoms with E-state index in [-0.39, 0.29) is 18.2 Å². The number of hydrogen-bond acceptors (Lipinski definition) is 5. The summed E-state index contributed by atoms with van der Waals surface area (Å²) in [5.74, 6) is 0. The lowest BCUT2D eigenvalue weighted by Gasteiger charge is -2.40. The van der Waals surface area contributed by atoms with Gasteiger partial charge in [-0.05, 0) is 47.0 Å². The molecule has 1 amide bonds. The summed E-state index contributed by atoms with van der Waals surface area (Å²) in [6.45, 7) is 9.18. The van der Waals surface area contributed by atoms with Crippen LogP contribution in [0.15, 0.2) is 0 Å². The molecule has 1 heterocycles. The first kappa shape index (κ1) is 19.2. The van der Waals surface area contributed by atoms with Gasteiger partial charge in [-0.3, -0.25) is 0 Å². The van der Waals surface area contributed by atoms with E-state index in [0.717, 1.165) is 25.8 Å². The molecular weight excluding hydrogens is 284 g/mol. The Morgan fingerprint density at radius 1 is 1.41 bits per heavy atom. The number of ether oxygens (including phenoxy) is 2. The van der Waals surface area contributed by atoms with Gasteiger partial charge in [-0.2, -0.15) is 0 Å². The zero-order valence-corrected chi connectivity index (χ0v) is 14.6. The number of hydrogen-bond donors (Lipinski definition) is 2. The van der Waals surface area contributed by atoms with Crippen molar-refractivity contribution in [2.75, 3.05) is 26.8 Å². The smallest absolute Gasteiger partial charge is 0.410 e. The third-order valence-corrected chi connectivity index (χ3v) is 3.79. The fourth-order valence-electron chi connectivity index (χ4n) is 2.73. The summed E-state index contributed by atoms with van der Waals surface area (Å²) in [5, 5.41) is 13.0. The van der Waals surface area contributed by atoms with Crippen LogP contribution in [0.4, 0.5) is 4.79 Å². The van der Waals surface area contributed by atoms with Crippen molar-refractivity contribution in [3.63, 3.8) is 0 Å². The number of amides is 1. The highest BCUT2D eigenvalue weighted by Crippen LogP contribution is 2.22. The van der Waals surface area contributed by atoms with Crippen LogP contribution in [-0.4, -0.2) is 66.7 Å². The molecule has 1 rings (SSSR count). The number of carbonyl (C=O) groups is 1. The molecule has 0 saturated carbocycles. The van der Waals surface area contributed by atoms with Gasteiger partial charge in [0, 0.05) is 26.2 Å². The molecule has 22 heavy (non-hydrogen) atoms. The van der Waals surface area contributed by atoms with Gasteiger partial charge in [-0.25, -0.2) is 4.79 Å². The van der Waals surface area contributed by atoms with Gasteiger partial charge < -0.3 is 24.8 Å². The molecule has 2 unspecified atom stereocenters. The molecule has 0 aromatic heterocycles. The van der Waals surface area contributed by atoms with Crippen molar-refractivity contribution in [3.05, 3.63) is 0 Å². The van der Waals surface area contributed by atoms with Crippen LogP contribution in [0.1, 0.15) is 47.0 Å². The predicted octanol–water partition coefficient (Wildman–Crippen LogP) is 1.76. The Kier molecular flexibility index (Phi) is 7.59. The molecule has 0 aliphatic carbocycles. The molecule has 3 atom stereocenters. The van der Waals surface area contributed by atoms with Crippen molar-refractivity contribution in [2.45, 2.75) is 70.7 Å². The number of nitrogens with zero attached hydrogens (tertiary/aromatic N) is 1. The average molecular weight is 316 g/mol. The minimum atomic E-state index is -0.536. The van der Waals surface area contributed by atoms with E-state index in [2.05, 4.69) is 5.32 Å². The first-order valence-electron chi connectivity index (χ1n) is 8.14. The second kappa shape index (κ2) is 8.70. The van der Waals surface area contributed by atoms with Crippen LogP contribution in [0, 0.1) is 0 Å². The highest BCUT2D eigenvalue weighted by molar-refractivity contribution is 5.68. The van der Waals surface area contributed by atoms with Crippen molar-refractivity contribution in [3.8, 4) is 0 Å². The van der Waals surface area contributed by atoms with E-state index in [1.165, 1.54) is 0 Å². The largest absolute Gasteiger partial charge is 0.444 e. The molecule has 6 heteroatoms. The van der Waals surface area contributed by atoms with Crippen LogP contribution in [0.2, 0.25) is 0 Å². The third-order valence-electron chi connectivity index (χ3n) is 3.79. The monoisotopic (exact) mass is 316 g/mol. The maximum Gasteiger partial charge on any atom is 0.410 e. The molecular formula is C16H32N2O4. The molecule has 0 spiro atoms. The van der Waals surface area contributed by atoms with Gasteiger partial charge in [0.1, 0.15) is 5.60 Å².